The van der Waals surface area contributed by atoms with Gasteiger partial charge in [0.05, 0.1) is 27.7 Å². The van der Waals surface area contributed by atoms with E-state index in [1.165, 1.54) is 77.0 Å². The van der Waals surface area contributed by atoms with Crippen molar-refractivity contribution >= 4 is 13.8 Å². The van der Waals surface area contributed by atoms with Crippen molar-refractivity contribution < 1.29 is 37.3 Å². The fourth-order valence-corrected chi connectivity index (χ4v) is 4.35. The molecule has 0 aliphatic rings. The van der Waals surface area contributed by atoms with Gasteiger partial charge in [-0.25, -0.2) is 0 Å². The second-order valence-electron chi connectivity index (χ2n) is 10.7. The summed E-state index contributed by atoms with van der Waals surface area (Å²) in [5.74, 6) is -0.357. The molecule has 0 amide bonds. The van der Waals surface area contributed by atoms with E-state index >= 15 is 0 Å². The van der Waals surface area contributed by atoms with E-state index in [4.69, 9.17) is 18.5 Å². The summed E-state index contributed by atoms with van der Waals surface area (Å²) in [6.45, 7) is 4.73. The van der Waals surface area contributed by atoms with Gasteiger partial charge in [-0.3, -0.25) is 9.36 Å². The van der Waals surface area contributed by atoms with Crippen molar-refractivity contribution in [2.45, 2.75) is 116 Å². The average Bonchev–Trinajstić information content (AvgIpc) is 2.81. The van der Waals surface area contributed by atoms with Crippen molar-refractivity contribution in [3.63, 3.8) is 0 Å². The first-order valence-electron chi connectivity index (χ1n) is 14.3. The van der Waals surface area contributed by atoms with Gasteiger partial charge in [-0.15, -0.1) is 0 Å². The van der Waals surface area contributed by atoms with Gasteiger partial charge in [0.1, 0.15) is 25.9 Å². The summed E-state index contributed by atoms with van der Waals surface area (Å²) in [7, 11) is 1.40. The SMILES string of the molecule is CCCCCCCCCCCCCCCCOC(COC(=O)CC)COP(=O)([O-])OCC[N+](C)(C)C. The van der Waals surface area contributed by atoms with Gasteiger partial charge in [0, 0.05) is 13.0 Å². The third-order valence-corrected chi connectivity index (χ3v) is 6.96. The number of carbonyl (C=O) groups excluding carboxylic acids is 1. The maximum Gasteiger partial charge on any atom is 0.305 e. The Morgan fingerprint density at radius 1 is 0.750 bits per heavy atom. The fraction of sp³-hybridized carbons (Fsp3) is 0.963. The number of phosphoric ester groups is 1. The van der Waals surface area contributed by atoms with Gasteiger partial charge in [0.2, 0.25) is 0 Å². The molecular weight excluding hydrogens is 481 g/mol. The lowest BCUT2D eigenvalue weighted by atomic mass is 10.0. The first kappa shape index (κ1) is 35.5. The number of likely N-dealkylation sites (N-methyl/N-ethyl adjacent to an activating group) is 1. The van der Waals surface area contributed by atoms with Crippen LogP contribution in [0.15, 0.2) is 0 Å². The highest BCUT2D eigenvalue weighted by Crippen LogP contribution is 2.38. The summed E-state index contributed by atoms with van der Waals surface area (Å²) in [6.07, 6.45) is 17.5. The number of esters is 1. The van der Waals surface area contributed by atoms with Gasteiger partial charge >= 0.3 is 5.97 Å². The Morgan fingerprint density at radius 3 is 1.72 bits per heavy atom. The van der Waals surface area contributed by atoms with Gasteiger partial charge in [0.15, 0.2) is 0 Å². The van der Waals surface area contributed by atoms with E-state index in [-0.39, 0.29) is 32.2 Å². The van der Waals surface area contributed by atoms with Crippen molar-refractivity contribution in [3.8, 4) is 0 Å². The Bertz CT molecular complexity index is 569. The van der Waals surface area contributed by atoms with E-state index in [2.05, 4.69) is 6.92 Å². The molecule has 36 heavy (non-hydrogen) atoms. The molecule has 0 saturated heterocycles. The highest BCUT2D eigenvalue weighted by molar-refractivity contribution is 7.45. The maximum absolute atomic E-state index is 12.0. The molecule has 0 aliphatic heterocycles. The number of rotatable bonds is 26. The van der Waals surface area contributed by atoms with Gasteiger partial charge in [-0.2, -0.15) is 0 Å². The molecule has 0 fully saturated rings. The van der Waals surface area contributed by atoms with Gasteiger partial charge < -0.3 is 27.9 Å². The average molecular weight is 538 g/mol. The molecule has 0 saturated carbocycles. The van der Waals surface area contributed by atoms with Gasteiger partial charge in [0.25, 0.3) is 7.82 Å². The zero-order chi connectivity index (χ0) is 27.1. The lowest BCUT2D eigenvalue weighted by Gasteiger charge is -2.28. The normalized spacial score (nSPS) is 14.5. The number of ether oxygens (including phenoxy) is 2. The highest BCUT2D eigenvalue weighted by Gasteiger charge is 2.18. The Morgan fingerprint density at radius 2 is 1.25 bits per heavy atom. The van der Waals surface area contributed by atoms with Crippen LogP contribution in [0.4, 0.5) is 0 Å². The molecule has 9 heteroatoms. The second-order valence-corrected chi connectivity index (χ2v) is 12.1. The van der Waals surface area contributed by atoms with Crippen LogP contribution in [0.5, 0.6) is 0 Å². The third kappa shape index (κ3) is 25.2. The molecular formula is C27H56NO7P. The zero-order valence-electron chi connectivity index (χ0n) is 24.0. The van der Waals surface area contributed by atoms with E-state index in [0.717, 1.165) is 12.8 Å². The topological polar surface area (TPSA) is 94.1 Å². The second kappa shape index (κ2) is 22.5. The predicted octanol–water partition coefficient (Wildman–Crippen LogP) is 6.01. The number of unbranched alkanes of at least 4 members (excludes halogenated alkanes) is 13. The Kier molecular flexibility index (Phi) is 22.2. The monoisotopic (exact) mass is 537 g/mol. The van der Waals surface area contributed by atoms with Crippen LogP contribution in [-0.2, 0) is 27.9 Å². The summed E-state index contributed by atoms with van der Waals surface area (Å²) in [5.41, 5.74) is 0. The summed E-state index contributed by atoms with van der Waals surface area (Å²) < 4.78 is 33.5. The quantitative estimate of drug-likeness (QED) is 0.0577. The van der Waals surface area contributed by atoms with Crippen LogP contribution in [0.2, 0.25) is 0 Å². The molecule has 0 aromatic heterocycles. The smallest absolute Gasteiger partial charge is 0.305 e. The fourth-order valence-electron chi connectivity index (χ4n) is 3.62. The molecule has 0 rings (SSSR count). The van der Waals surface area contributed by atoms with Crippen LogP contribution in [0.3, 0.4) is 0 Å². The minimum Gasteiger partial charge on any atom is -0.756 e. The molecule has 216 valence electrons. The number of carbonyl (C=O) groups is 1. The molecule has 0 heterocycles. The molecule has 0 spiro atoms. The van der Waals surface area contributed by atoms with Crippen molar-refractivity contribution in [1.29, 1.82) is 0 Å². The minimum absolute atomic E-state index is 0.0375. The third-order valence-electron chi connectivity index (χ3n) is 6.00. The highest BCUT2D eigenvalue weighted by atomic mass is 31.2. The standard InChI is InChI=1S/C27H56NO7P/c1-6-8-9-10-11-12-13-14-15-16-17-18-19-20-22-32-26(24-33-27(29)7-2)25-35-36(30,31)34-23-21-28(3,4)5/h26H,6-25H2,1-5H3. The molecule has 0 aromatic rings. The van der Waals surface area contributed by atoms with Crippen LogP contribution >= 0.6 is 7.82 Å². The summed E-state index contributed by atoms with van der Waals surface area (Å²) in [4.78, 5) is 23.5. The Labute approximate surface area is 221 Å². The van der Waals surface area contributed by atoms with Crippen LogP contribution in [0.1, 0.15) is 110 Å². The van der Waals surface area contributed by atoms with Crippen LogP contribution in [0, 0.1) is 0 Å². The van der Waals surface area contributed by atoms with Crippen LogP contribution in [0.25, 0.3) is 0 Å². The molecule has 2 unspecified atom stereocenters. The molecule has 0 bridgehead atoms. The summed E-state index contributed by atoms with van der Waals surface area (Å²) >= 11 is 0. The summed E-state index contributed by atoms with van der Waals surface area (Å²) in [6, 6.07) is 0. The lowest BCUT2D eigenvalue weighted by molar-refractivity contribution is -0.870. The predicted molar refractivity (Wildman–Crippen MR) is 144 cm³/mol. The molecule has 0 aromatic carbocycles. The van der Waals surface area contributed by atoms with Crippen molar-refractivity contribution in [2.24, 2.45) is 0 Å². The van der Waals surface area contributed by atoms with Crippen molar-refractivity contribution in [3.05, 3.63) is 0 Å². The molecule has 0 N–H and O–H groups in total. The van der Waals surface area contributed by atoms with E-state index in [0.29, 0.717) is 17.6 Å². The Balaban J connectivity index is 3.98. The Hall–Kier alpha value is -0.500. The van der Waals surface area contributed by atoms with E-state index in [1.54, 1.807) is 6.92 Å². The van der Waals surface area contributed by atoms with Crippen LogP contribution < -0.4 is 4.89 Å². The number of quaternary nitrogens is 1. The van der Waals surface area contributed by atoms with Gasteiger partial charge in [-0.1, -0.05) is 97.3 Å². The number of hydrogen-bond acceptors (Lipinski definition) is 7. The van der Waals surface area contributed by atoms with Crippen molar-refractivity contribution in [1.82, 2.24) is 0 Å². The van der Waals surface area contributed by atoms with E-state index in [1.807, 2.05) is 21.1 Å². The largest absolute Gasteiger partial charge is 0.756 e. The van der Waals surface area contributed by atoms with Crippen LogP contribution in [-0.4, -0.2) is 70.7 Å². The zero-order valence-corrected chi connectivity index (χ0v) is 24.9. The number of phosphoric acid groups is 1. The van der Waals surface area contributed by atoms with Gasteiger partial charge in [-0.05, 0) is 6.42 Å². The first-order valence-corrected chi connectivity index (χ1v) is 15.7. The number of hydrogen-bond donors (Lipinski definition) is 0. The van der Waals surface area contributed by atoms with E-state index < -0.39 is 13.9 Å². The van der Waals surface area contributed by atoms with Crippen molar-refractivity contribution in [2.75, 3.05) is 54.1 Å². The molecule has 0 radical (unpaired) electrons. The first-order chi connectivity index (χ1) is 17.1. The summed E-state index contributed by atoms with van der Waals surface area (Å²) in [5, 5.41) is 0. The molecule has 0 aliphatic carbocycles. The maximum atomic E-state index is 12.0. The van der Waals surface area contributed by atoms with E-state index in [9.17, 15) is 14.3 Å². The number of nitrogens with zero attached hydrogens (tertiary/aromatic N) is 1. The molecule has 8 nitrogen and oxygen atoms in total. The minimum atomic E-state index is -4.44. The molecule has 2 atom stereocenters. The lowest BCUT2D eigenvalue weighted by Crippen LogP contribution is -2.37.